The Morgan fingerprint density at radius 1 is 0.800 bits per heavy atom. The van der Waals surface area contributed by atoms with Gasteiger partial charge in [0.2, 0.25) is 0 Å². The fraction of sp³-hybridized carbons (Fsp3) is 0.875. The highest BCUT2D eigenvalue weighted by molar-refractivity contribution is 6.46. The van der Waals surface area contributed by atoms with E-state index in [1.807, 2.05) is 0 Å². The van der Waals surface area contributed by atoms with E-state index in [9.17, 15) is 9.59 Å². The minimum Gasteiger partial charge on any atom is -0.468 e. The van der Waals surface area contributed by atoms with Crippen LogP contribution in [0.2, 0.25) is 13.6 Å². The van der Waals surface area contributed by atoms with Crippen molar-refractivity contribution in [2.75, 3.05) is 14.2 Å². The van der Waals surface area contributed by atoms with Gasteiger partial charge in [0.1, 0.15) is 12.1 Å². The van der Waals surface area contributed by atoms with E-state index in [1.165, 1.54) is 14.2 Å². The van der Waals surface area contributed by atoms with Crippen molar-refractivity contribution in [2.24, 2.45) is 11.5 Å². The summed E-state index contributed by atoms with van der Waals surface area (Å²) in [6, 6.07) is -1.60. The van der Waals surface area contributed by atoms with Gasteiger partial charge in [-0.3, -0.25) is 9.59 Å². The predicted molar refractivity (Wildman–Crippen MR) is 130 cm³/mol. The van der Waals surface area contributed by atoms with Crippen LogP contribution >= 0.6 is 24.8 Å². The summed E-state index contributed by atoms with van der Waals surface area (Å²) < 4.78 is 8.99. The molecule has 0 amide bonds. The van der Waals surface area contributed by atoms with Crippen LogP contribution in [0.25, 0.3) is 0 Å². The molecule has 0 aromatic heterocycles. The van der Waals surface area contributed by atoms with Gasteiger partial charge in [0.25, 0.3) is 0 Å². The van der Waals surface area contributed by atoms with E-state index in [0.29, 0.717) is 0 Å². The first-order valence-corrected chi connectivity index (χ1v) is 8.20. The first-order chi connectivity index (χ1) is 11.6. The van der Waals surface area contributed by atoms with Gasteiger partial charge in [-0.1, -0.05) is 14.9 Å². The number of ether oxygens (including phenoxy) is 2. The van der Waals surface area contributed by atoms with Gasteiger partial charge in [-0.15, -0.1) is 24.8 Å². The van der Waals surface area contributed by atoms with Crippen molar-refractivity contribution in [3.8, 4) is 0 Å². The van der Waals surface area contributed by atoms with Gasteiger partial charge in [-0.05, 0) is 41.3 Å². The highest BCUT2D eigenvalue weighted by Gasteiger charge is 2.34. The Balaban J connectivity index is -0.0000000847. The van der Waals surface area contributed by atoms with E-state index in [4.69, 9.17) is 21.5 Å². The SMILES string of the molecule is C.C.COC(=O)[C@@H](N)C(C)(C)NB(C)O.COC(=O)[C@@H](N)C(C)(C)NB(C)O.Cl.Cl. The summed E-state index contributed by atoms with van der Waals surface area (Å²) in [7, 11) is 1.12. The number of hydrogen-bond acceptors (Lipinski definition) is 10. The van der Waals surface area contributed by atoms with Crippen molar-refractivity contribution in [3.05, 3.63) is 0 Å². The van der Waals surface area contributed by atoms with Crippen LogP contribution in [-0.2, 0) is 19.1 Å². The predicted octanol–water partition coefficient (Wildman–Crippen LogP) is 0.0462. The average molecular weight is 481 g/mol. The first-order valence-electron chi connectivity index (χ1n) is 8.20. The van der Waals surface area contributed by atoms with Crippen LogP contribution in [0.3, 0.4) is 0 Å². The lowest BCUT2D eigenvalue weighted by Gasteiger charge is -2.31. The standard InChI is InChI=1S/2C7H17BN2O3.2CH4.2ClH/c2*1-7(2,10-8(3)12)5(9)6(11)13-4;;;;/h2*5,10,12H,9H2,1-4H3;2*1H4;2*1H/t2*5-;;;;/m11..../s1. The quantitative estimate of drug-likeness (QED) is 0.206. The Bertz CT molecular complexity index is 421. The second-order valence-electron chi connectivity index (χ2n) is 7.09. The molecule has 2 atom stereocenters. The van der Waals surface area contributed by atoms with Crippen LogP contribution < -0.4 is 21.9 Å². The molecule has 14 heteroatoms. The molecule has 0 aromatic carbocycles. The summed E-state index contributed by atoms with van der Waals surface area (Å²) >= 11 is 0. The molecule has 0 saturated heterocycles. The fourth-order valence-corrected chi connectivity index (χ4v) is 2.10. The molecule has 0 aliphatic heterocycles. The Labute approximate surface area is 195 Å². The molecule has 0 saturated carbocycles. The van der Waals surface area contributed by atoms with Gasteiger partial charge in [0, 0.05) is 11.1 Å². The molecule has 0 unspecified atom stereocenters. The van der Waals surface area contributed by atoms with E-state index in [2.05, 4.69) is 19.9 Å². The number of nitrogens with one attached hydrogen (secondary N) is 2. The van der Waals surface area contributed by atoms with E-state index in [0.717, 1.165) is 0 Å². The van der Waals surface area contributed by atoms with Gasteiger partial charge in [0.05, 0.1) is 14.2 Å². The highest BCUT2D eigenvalue weighted by Crippen LogP contribution is 2.09. The minimum absolute atomic E-state index is 0. The Morgan fingerprint density at radius 3 is 1.13 bits per heavy atom. The second-order valence-corrected chi connectivity index (χ2v) is 7.09. The monoisotopic (exact) mass is 480 g/mol. The maximum Gasteiger partial charge on any atom is 0.374 e. The third-order valence-electron chi connectivity index (χ3n) is 3.63. The summed E-state index contributed by atoms with van der Waals surface area (Å²) in [6.45, 7) is 10.0. The number of rotatable bonds is 8. The molecular formula is C16H44B2Cl2N4O6. The highest BCUT2D eigenvalue weighted by atomic mass is 35.5. The first kappa shape index (κ1) is 43.3. The molecule has 0 bridgehead atoms. The van der Waals surface area contributed by atoms with Crippen LogP contribution in [0.15, 0.2) is 0 Å². The van der Waals surface area contributed by atoms with Crippen molar-refractivity contribution in [1.29, 1.82) is 0 Å². The van der Waals surface area contributed by atoms with Crippen LogP contribution in [0.4, 0.5) is 0 Å². The van der Waals surface area contributed by atoms with Crippen molar-refractivity contribution < 1.29 is 29.1 Å². The largest absolute Gasteiger partial charge is 0.468 e. The van der Waals surface area contributed by atoms with Crippen LogP contribution in [0.5, 0.6) is 0 Å². The lowest BCUT2D eigenvalue weighted by atomic mass is 9.81. The number of hydrogen-bond donors (Lipinski definition) is 6. The molecule has 0 radical (unpaired) electrons. The number of nitrogens with two attached hydrogens (primary N) is 2. The lowest BCUT2D eigenvalue weighted by Crippen LogP contribution is -2.61. The van der Waals surface area contributed by atoms with Crippen molar-refractivity contribution in [3.63, 3.8) is 0 Å². The fourth-order valence-electron chi connectivity index (χ4n) is 2.10. The molecule has 0 spiro atoms. The van der Waals surface area contributed by atoms with Crippen LogP contribution in [-0.4, -0.2) is 73.5 Å². The topological polar surface area (TPSA) is 169 Å². The van der Waals surface area contributed by atoms with Crippen molar-refractivity contribution in [1.82, 2.24) is 10.5 Å². The minimum atomic E-state index is -0.799. The van der Waals surface area contributed by atoms with E-state index >= 15 is 0 Å². The van der Waals surface area contributed by atoms with Gasteiger partial charge in [-0.25, -0.2) is 0 Å². The summed E-state index contributed by atoms with van der Waals surface area (Å²) in [5.74, 6) is -1.00. The zero-order valence-electron chi connectivity index (χ0n) is 17.8. The molecule has 184 valence electrons. The summed E-state index contributed by atoms with van der Waals surface area (Å²) in [6.07, 6.45) is 0. The number of halogens is 2. The van der Waals surface area contributed by atoms with Crippen LogP contribution in [0, 0.1) is 0 Å². The number of methoxy groups -OCH3 is 2. The van der Waals surface area contributed by atoms with Gasteiger partial charge in [-0.2, -0.15) is 0 Å². The molecule has 0 rings (SSSR count). The zero-order valence-corrected chi connectivity index (χ0v) is 19.4. The van der Waals surface area contributed by atoms with Gasteiger partial charge >= 0.3 is 26.0 Å². The van der Waals surface area contributed by atoms with Crippen molar-refractivity contribution in [2.45, 2.75) is 79.4 Å². The molecule has 30 heavy (non-hydrogen) atoms. The molecule has 0 heterocycles. The van der Waals surface area contributed by atoms with E-state index < -0.39 is 49.2 Å². The van der Waals surface area contributed by atoms with Crippen LogP contribution in [0.1, 0.15) is 42.5 Å². The number of esters is 2. The lowest BCUT2D eigenvalue weighted by molar-refractivity contribution is -0.144. The Kier molecular flexibility index (Phi) is 27.6. The van der Waals surface area contributed by atoms with E-state index in [-0.39, 0.29) is 39.7 Å². The molecule has 0 aliphatic rings. The van der Waals surface area contributed by atoms with Crippen molar-refractivity contribution >= 4 is 50.9 Å². The summed E-state index contributed by atoms with van der Waals surface area (Å²) in [4.78, 5) is 22.1. The Hall–Kier alpha value is -0.590. The molecular weight excluding hydrogens is 437 g/mol. The Morgan fingerprint density at radius 2 is 1.00 bits per heavy atom. The second kappa shape index (κ2) is 19.1. The smallest absolute Gasteiger partial charge is 0.374 e. The van der Waals surface area contributed by atoms with Gasteiger partial charge in [0.15, 0.2) is 0 Å². The molecule has 10 nitrogen and oxygen atoms in total. The number of carbonyl (C=O) groups excluding carboxylic acids is 2. The molecule has 0 fully saturated rings. The molecule has 0 aromatic rings. The third-order valence-corrected chi connectivity index (χ3v) is 3.63. The van der Waals surface area contributed by atoms with E-state index in [1.54, 1.807) is 41.3 Å². The summed E-state index contributed by atoms with van der Waals surface area (Å²) in [5.41, 5.74) is 9.82. The molecule has 0 aliphatic carbocycles. The third kappa shape index (κ3) is 17.1. The zero-order chi connectivity index (χ0) is 21.3. The summed E-state index contributed by atoms with van der Waals surface area (Å²) in [5, 5.41) is 23.7. The maximum absolute atomic E-state index is 11.1. The van der Waals surface area contributed by atoms with Gasteiger partial charge < -0.3 is 41.4 Å². The average Bonchev–Trinajstić information content (AvgIpc) is 2.49. The molecule has 8 N–H and O–H groups in total. The number of carbonyl (C=O) groups is 2. The maximum atomic E-state index is 11.1. The normalized spacial score (nSPS) is 11.9.